The molecule has 0 aliphatic rings. The van der Waals surface area contributed by atoms with Crippen LogP contribution in [0, 0.1) is 6.92 Å². The van der Waals surface area contributed by atoms with E-state index in [1.54, 1.807) is 36.5 Å². The predicted molar refractivity (Wildman–Crippen MR) is 110 cm³/mol. The molecule has 144 valence electrons. The van der Waals surface area contributed by atoms with Gasteiger partial charge in [0.2, 0.25) is 11.8 Å². The molecule has 0 saturated carbocycles. The lowest BCUT2D eigenvalue weighted by Crippen LogP contribution is -2.26. The van der Waals surface area contributed by atoms with Crippen LogP contribution in [-0.2, 0) is 6.54 Å². The molecule has 0 radical (unpaired) electrons. The van der Waals surface area contributed by atoms with Gasteiger partial charge >= 0.3 is 0 Å². The Balaban J connectivity index is 1.48. The zero-order valence-corrected chi connectivity index (χ0v) is 16.2. The number of carbonyl (C=O) groups excluding carboxylic acids is 1. The molecule has 0 fully saturated rings. The SMILES string of the molecule is Cc1cccc(-c2nnc(-c3ccc(C(=O)N(C)Cc4cccnc4)cc3)o2)c1. The largest absolute Gasteiger partial charge is 0.416 e. The van der Waals surface area contributed by atoms with Crippen LogP contribution in [-0.4, -0.2) is 33.0 Å². The van der Waals surface area contributed by atoms with Gasteiger partial charge in [0.25, 0.3) is 5.91 Å². The van der Waals surface area contributed by atoms with Gasteiger partial charge in [0.1, 0.15) is 0 Å². The Morgan fingerprint density at radius 3 is 2.41 bits per heavy atom. The number of benzene rings is 2. The highest BCUT2D eigenvalue weighted by Gasteiger charge is 2.14. The van der Waals surface area contributed by atoms with Crippen LogP contribution >= 0.6 is 0 Å². The van der Waals surface area contributed by atoms with Crippen LogP contribution < -0.4 is 0 Å². The number of amides is 1. The van der Waals surface area contributed by atoms with Crippen LogP contribution in [0.2, 0.25) is 0 Å². The van der Waals surface area contributed by atoms with Gasteiger partial charge in [-0.15, -0.1) is 10.2 Å². The van der Waals surface area contributed by atoms with Crippen molar-refractivity contribution in [2.24, 2.45) is 0 Å². The molecule has 0 aliphatic carbocycles. The second-order valence-corrected chi connectivity index (χ2v) is 6.88. The molecule has 0 atom stereocenters. The van der Waals surface area contributed by atoms with Crippen LogP contribution in [0.3, 0.4) is 0 Å². The quantitative estimate of drug-likeness (QED) is 0.511. The van der Waals surface area contributed by atoms with E-state index in [0.717, 1.165) is 22.3 Å². The van der Waals surface area contributed by atoms with Crippen molar-refractivity contribution in [3.8, 4) is 22.9 Å². The van der Waals surface area contributed by atoms with Gasteiger partial charge in [0.05, 0.1) is 0 Å². The summed E-state index contributed by atoms with van der Waals surface area (Å²) in [5, 5.41) is 8.28. The maximum absolute atomic E-state index is 12.7. The van der Waals surface area contributed by atoms with Crippen LogP contribution in [0.1, 0.15) is 21.5 Å². The zero-order chi connectivity index (χ0) is 20.2. The first-order valence-corrected chi connectivity index (χ1v) is 9.25. The summed E-state index contributed by atoms with van der Waals surface area (Å²) in [6.45, 7) is 2.51. The van der Waals surface area contributed by atoms with Gasteiger partial charge in [-0.2, -0.15) is 0 Å². The van der Waals surface area contributed by atoms with Gasteiger partial charge < -0.3 is 9.32 Å². The molecule has 2 aromatic heterocycles. The molecule has 6 heteroatoms. The maximum Gasteiger partial charge on any atom is 0.253 e. The second-order valence-electron chi connectivity index (χ2n) is 6.88. The number of pyridine rings is 1. The summed E-state index contributed by atoms with van der Waals surface area (Å²) in [5.74, 6) is 0.829. The van der Waals surface area contributed by atoms with Crippen molar-refractivity contribution in [1.82, 2.24) is 20.1 Å². The van der Waals surface area contributed by atoms with Crippen molar-refractivity contribution in [3.63, 3.8) is 0 Å². The van der Waals surface area contributed by atoms with E-state index in [1.807, 2.05) is 55.5 Å². The summed E-state index contributed by atoms with van der Waals surface area (Å²) in [7, 11) is 1.77. The van der Waals surface area contributed by atoms with Crippen molar-refractivity contribution in [2.45, 2.75) is 13.5 Å². The van der Waals surface area contributed by atoms with E-state index in [4.69, 9.17) is 4.42 Å². The summed E-state index contributed by atoms with van der Waals surface area (Å²) in [4.78, 5) is 18.4. The van der Waals surface area contributed by atoms with E-state index in [1.165, 1.54) is 0 Å². The Morgan fingerprint density at radius 1 is 0.966 bits per heavy atom. The lowest BCUT2D eigenvalue weighted by atomic mass is 10.1. The normalized spacial score (nSPS) is 10.7. The van der Waals surface area contributed by atoms with Gasteiger partial charge in [-0.1, -0.05) is 23.8 Å². The van der Waals surface area contributed by atoms with Gasteiger partial charge in [0.15, 0.2) is 0 Å². The molecule has 4 rings (SSSR count). The van der Waals surface area contributed by atoms with Crippen LogP contribution in [0.25, 0.3) is 22.9 Å². The Labute approximate surface area is 168 Å². The number of hydrogen-bond donors (Lipinski definition) is 0. The molecule has 0 aliphatic heterocycles. The maximum atomic E-state index is 12.7. The van der Waals surface area contributed by atoms with E-state index in [-0.39, 0.29) is 5.91 Å². The predicted octanol–water partition coefficient (Wildman–Crippen LogP) is 4.38. The summed E-state index contributed by atoms with van der Waals surface area (Å²) in [6, 6.07) is 18.9. The van der Waals surface area contributed by atoms with E-state index in [2.05, 4.69) is 15.2 Å². The van der Waals surface area contributed by atoms with E-state index in [9.17, 15) is 4.79 Å². The third-order valence-electron chi connectivity index (χ3n) is 4.56. The van der Waals surface area contributed by atoms with E-state index >= 15 is 0 Å². The lowest BCUT2D eigenvalue weighted by Gasteiger charge is -2.17. The van der Waals surface area contributed by atoms with Crippen molar-refractivity contribution in [2.75, 3.05) is 7.05 Å². The Hall–Kier alpha value is -3.80. The Kier molecular flexibility index (Phi) is 5.16. The number of aromatic nitrogens is 3. The summed E-state index contributed by atoms with van der Waals surface area (Å²) < 4.78 is 5.81. The molecular weight excluding hydrogens is 364 g/mol. The smallest absolute Gasteiger partial charge is 0.253 e. The number of carbonyl (C=O) groups is 1. The molecule has 0 spiro atoms. The molecule has 0 saturated heterocycles. The minimum absolute atomic E-state index is 0.0635. The van der Waals surface area contributed by atoms with Crippen molar-refractivity contribution >= 4 is 5.91 Å². The monoisotopic (exact) mass is 384 g/mol. The van der Waals surface area contributed by atoms with Gasteiger partial charge in [-0.05, 0) is 55.0 Å². The molecule has 6 nitrogen and oxygen atoms in total. The molecule has 0 unspecified atom stereocenters. The van der Waals surface area contributed by atoms with E-state index in [0.29, 0.717) is 23.9 Å². The first kappa shape index (κ1) is 18.6. The molecule has 2 heterocycles. The highest BCUT2D eigenvalue weighted by molar-refractivity contribution is 5.94. The Bertz CT molecular complexity index is 1120. The fraction of sp³-hybridized carbons (Fsp3) is 0.130. The molecule has 1 amide bonds. The molecule has 0 N–H and O–H groups in total. The zero-order valence-electron chi connectivity index (χ0n) is 16.2. The minimum Gasteiger partial charge on any atom is -0.416 e. The highest BCUT2D eigenvalue weighted by Crippen LogP contribution is 2.25. The third-order valence-corrected chi connectivity index (χ3v) is 4.56. The standard InChI is InChI=1S/C23H20N4O2/c1-16-5-3-7-20(13-16)22-26-25-21(29-22)18-8-10-19(11-9-18)23(28)27(2)15-17-6-4-12-24-14-17/h3-14H,15H2,1-2H3. The fourth-order valence-corrected chi connectivity index (χ4v) is 3.05. The average Bonchev–Trinajstić information content (AvgIpc) is 3.24. The first-order valence-electron chi connectivity index (χ1n) is 9.25. The van der Waals surface area contributed by atoms with Crippen molar-refractivity contribution in [1.29, 1.82) is 0 Å². The van der Waals surface area contributed by atoms with Crippen LogP contribution in [0.5, 0.6) is 0 Å². The highest BCUT2D eigenvalue weighted by atomic mass is 16.4. The van der Waals surface area contributed by atoms with Gasteiger partial charge in [-0.3, -0.25) is 9.78 Å². The summed E-state index contributed by atoms with van der Waals surface area (Å²) in [5.41, 5.74) is 4.35. The number of rotatable bonds is 5. The fourth-order valence-electron chi connectivity index (χ4n) is 3.05. The molecular formula is C23H20N4O2. The first-order chi connectivity index (χ1) is 14.1. The third kappa shape index (κ3) is 4.21. The number of nitrogens with zero attached hydrogens (tertiary/aromatic N) is 4. The molecule has 29 heavy (non-hydrogen) atoms. The van der Waals surface area contributed by atoms with Crippen LogP contribution in [0.15, 0.2) is 77.5 Å². The minimum atomic E-state index is -0.0635. The molecule has 2 aromatic carbocycles. The molecule has 0 bridgehead atoms. The molecule has 4 aromatic rings. The van der Waals surface area contributed by atoms with Gasteiger partial charge in [-0.25, -0.2) is 0 Å². The van der Waals surface area contributed by atoms with Crippen molar-refractivity contribution < 1.29 is 9.21 Å². The van der Waals surface area contributed by atoms with Crippen molar-refractivity contribution in [3.05, 3.63) is 89.7 Å². The van der Waals surface area contributed by atoms with Gasteiger partial charge in [0, 0.05) is 42.7 Å². The number of aryl methyl sites for hydroxylation is 1. The summed E-state index contributed by atoms with van der Waals surface area (Å²) >= 11 is 0. The Morgan fingerprint density at radius 2 is 1.72 bits per heavy atom. The van der Waals surface area contributed by atoms with Crippen LogP contribution in [0.4, 0.5) is 0 Å². The average molecular weight is 384 g/mol. The topological polar surface area (TPSA) is 72.1 Å². The summed E-state index contributed by atoms with van der Waals surface area (Å²) in [6.07, 6.45) is 3.47. The van der Waals surface area contributed by atoms with E-state index < -0.39 is 0 Å². The number of hydrogen-bond acceptors (Lipinski definition) is 5. The second kappa shape index (κ2) is 8.06. The lowest BCUT2D eigenvalue weighted by molar-refractivity contribution is 0.0785.